The van der Waals surface area contributed by atoms with E-state index in [2.05, 4.69) is 30.9 Å². The maximum Gasteiger partial charge on any atom is 0.138 e. The van der Waals surface area contributed by atoms with Crippen LogP contribution in [0.2, 0.25) is 0 Å². The average molecular weight is 344 g/mol. The van der Waals surface area contributed by atoms with Crippen molar-refractivity contribution in [1.29, 1.82) is 0 Å². The lowest BCUT2D eigenvalue weighted by Gasteiger charge is -2.27. The highest BCUT2D eigenvalue weighted by Gasteiger charge is 2.21. The van der Waals surface area contributed by atoms with Gasteiger partial charge in [0.25, 0.3) is 0 Å². The number of benzene rings is 3. The fraction of sp³-hybridized carbons (Fsp3) is 0.280. The second-order valence-corrected chi connectivity index (χ2v) is 7.62. The summed E-state index contributed by atoms with van der Waals surface area (Å²) in [7, 11) is 0. The van der Waals surface area contributed by atoms with Gasteiger partial charge in [0.05, 0.1) is 0 Å². The molecule has 0 saturated heterocycles. The van der Waals surface area contributed by atoms with Gasteiger partial charge in [-0.3, -0.25) is 0 Å². The van der Waals surface area contributed by atoms with Crippen LogP contribution in [-0.4, -0.2) is 0 Å². The molecule has 4 rings (SSSR count). The quantitative estimate of drug-likeness (QED) is 0.434. The van der Waals surface area contributed by atoms with E-state index in [1.165, 1.54) is 36.8 Å². The number of fused-ring (bicyclic) bond motifs is 1. The Labute approximate surface area is 155 Å². The van der Waals surface area contributed by atoms with Crippen LogP contribution in [0.1, 0.15) is 42.7 Å². The van der Waals surface area contributed by atoms with Gasteiger partial charge in [0, 0.05) is 10.9 Å². The minimum Gasteiger partial charge on any atom is -0.206 e. The van der Waals surface area contributed by atoms with Crippen molar-refractivity contribution in [2.24, 2.45) is 5.92 Å². The molecule has 1 saturated carbocycles. The molecule has 132 valence electrons. The Morgan fingerprint density at radius 1 is 0.923 bits per heavy atom. The molecule has 0 nitrogen and oxygen atoms in total. The van der Waals surface area contributed by atoms with Crippen LogP contribution in [0.25, 0.3) is 21.9 Å². The molecule has 3 aromatic carbocycles. The van der Waals surface area contributed by atoms with Gasteiger partial charge in [0.2, 0.25) is 0 Å². The first-order valence-corrected chi connectivity index (χ1v) is 9.57. The highest BCUT2D eigenvalue weighted by molar-refractivity contribution is 5.89. The Bertz CT molecular complexity index is 928. The predicted octanol–water partition coefficient (Wildman–Crippen LogP) is 7.41. The summed E-state index contributed by atoms with van der Waals surface area (Å²) >= 11 is 0. The van der Waals surface area contributed by atoms with Gasteiger partial charge in [0.1, 0.15) is 5.82 Å². The molecule has 0 heterocycles. The molecule has 0 spiro atoms. The van der Waals surface area contributed by atoms with Crippen molar-refractivity contribution in [3.05, 3.63) is 84.2 Å². The van der Waals surface area contributed by atoms with Crippen molar-refractivity contribution in [2.45, 2.75) is 38.5 Å². The molecule has 0 N–H and O–H groups in total. The summed E-state index contributed by atoms with van der Waals surface area (Å²) in [4.78, 5) is 0. The molecule has 0 aliphatic heterocycles. The molecule has 0 aromatic heterocycles. The number of allylic oxidation sites excluding steroid dienone is 1. The standard InChI is InChI=1S/C25H25F/c1-3-18-6-10-19(11-7-18)21-12-14-24-22(16-21)13-15-23(25(24)26)20-8-4-17(2)5-9-20/h3-5,8-9,12-16,18-19H,1,6-7,10-11H2,2H3/t18-,19-. The third-order valence-corrected chi connectivity index (χ3v) is 5.92. The predicted molar refractivity (Wildman–Crippen MR) is 109 cm³/mol. The minimum absolute atomic E-state index is 0.117. The van der Waals surface area contributed by atoms with Crippen LogP contribution < -0.4 is 0 Å². The minimum atomic E-state index is -0.117. The highest BCUT2D eigenvalue weighted by Crippen LogP contribution is 2.38. The Morgan fingerprint density at radius 3 is 2.35 bits per heavy atom. The van der Waals surface area contributed by atoms with Gasteiger partial charge >= 0.3 is 0 Å². The Balaban J connectivity index is 1.67. The van der Waals surface area contributed by atoms with E-state index in [1.807, 2.05) is 43.3 Å². The lowest BCUT2D eigenvalue weighted by molar-refractivity contribution is 0.376. The molecule has 3 aromatic rings. The summed E-state index contributed by atoms with van der Waals surface area (Å²) in [6.07, 6.45) is 6.93. The van der Waals surface area contributed by atoms with E-state index in [4.69, 9.17) is 0 Å². The van der Waals surface area contributed by atoms with Crippen LogP contribution in [0.15, 0.2) is 67.3 Å². The lowest BCUT2D eigenvalue weighted by atomic mass is 9.78. The molecule has 1 fully saturated rings. The van der Waals surface area contributed by atoms with Gasteiger partial charge in [-0.1, -0.05) is 66.2 Å². The third-order valence-electron chi connectivity index (χ3n) is 5.92. The molecule has 0 bridgehead atoms. The van der Waals surface area contributed by atoms with Crippen molar-refractivity contribution in [3.8, 4) is 11.1 Å². The fourth-order valence-corrected chi connectivity index (χ4v) is 4.21. The van der Waals surface area contributed by atoms with Crippen LogP contribution in [0, 0.1) is 18.7 Å². The SMILES string of the molecule is C=C[C@H]1CC[C@H](c2ccc3c(F)c(-c4ccc(C)cc4)ccc3c2)CC1. The number of hydrogen-bond acceptors (Lipinski definition) is 0. The average Bonchev–Trinajstić information content (AvgIpc) is 2.69. The summed E-state index contributed by atoms with van der Waals surface area (Å²) in [5, 5.41) is 1.72. The zero-order chi connectivity index (χ0) is 18.1. The lowest BCUT2D eigenvalue weighted by Crippen LogP contribution is -2.11. The zero-order valence-electron chi connectivity index (χ0n) is 15.3. The summed E-state index contributed by atoms with van der Waals surface area (Å²) < 4.78 is 15.1. The molecule has 0 amide bonds. The molecule has 0 unspecified atom stereocenters. The van der Waals surface area contributed by atoms with Gasteiger partial charge in [-0.05, 0) is 61.0 Å². The van der Waals surface area contributed by atoms with Crippen LogP contribution >= 0.6 is 0 Å². The largest absolute Gasteiger partial charge is 0.206 e. The molecule has 0 atom stereocenters. The van der Waals surface area contributed by atoms with E-state index in [9.17, 15) is 0 Å². The van der Waals surface area contributed by atoms with Crippen LogP contribution in [0.3, 0.4) is 0 Å². The van der Waals surface area contributed by atoms with Gasteiger partial charge in [-0.25, -0.2) is 4.39 Å². The van der Waals surface area contributed by atoms with Crippen molar-refractivity contribution in [2.75, 3.05) is 0 Å². The van der Waals surface area contributed by atoms with Gasteiger partial charge in [-0.2, -0.15) is 0 Å². The van der Waals surface area contributed by atoms with Crippen molar-refractivity contribution in [1.82, 2.24) is 0 Å². The molecule has 26 heavy (non-hydrogen) atoms. The topological polar surface area (TPSA) is 0 Å². The van der Waals surface area contributed by atoms with Crippen LogP contribution in [0.5, 0.6) is 0 Å². The Morgan fingerprint density at radius 2 is 1.65 bits per heavy atom. The molecule has 1 heteroatoms. The van der Waals surface area contributed by atoms with E-state index < -0.39 is 0 Å². The van der Waals surface area contributed by atoms with Crippen LogP contribution in [-0.2, 0) is 0 Å². The van der Waals surface area contributed by atoms with E-state index in [0.29, 0.717) is 22.8 Å². The van der Waals surface area contributed by atoms with Gasteiger partial charge < -0.3 is 0 Å². The third kappa shape index (κ3) is 3.19. The van der Waals surface area contributed by atoms with Gasteiger partial charge in [0.15, 0.2) is 0 Å². The number of halogens is 1. The first kappa shape index (κ1) is 17.0. The maximum atomic E-state index is 15.1. The second kappa shape index (κ2) is 7.07. The molecule has 1 aliphatic rings. The zero-order valence-corrected chi connectivity index (χ0v) is 15.3. The van der Waals surface area contributed by atoms with Crippen molar-refractivity contribution in [3.63, 3.8) is 0 Å². The number of aryl methyl sites for hydroxylation is 1. The fourth-order valence-electron chi connectivity index (χ4n) is 4.21. The summed E-state index contributed by atoms with van der Waals surface area (Å²) in [5.41, 5.74) is 4.15. The Kier molecular flexibility index (Phi) is 4.63. The summed E-state index contributed by atoms with van der Waals surface area (Å²) in [6.45, 7) is 5.98. The Hall–Kier alpha value is -2.41. The molecular formula is C25H25F. The smallest absolute Gasteiger partial charge is 0.138 e. The molecular weight excluding hydrogens is 319 g/mol. The normalized spacial score (nSPS) is 20.2. The van der Waals surface area contributed by atoms with E-state index >= 15 is 4.39 Å². The highest BCUT2D eigenvalue weighted by atomic mass is 19.1. The summed E-state index contributed by atoms with van der Waals surface area (Å²) in [6, 6.07) is 18.3. The molecule has 1 aliphatic carbocycles. The summed E-state index contributed by atoms with van der Waals surface area (Å²) in [5.74, 6) is 1.14. The van der Waals surface area contributed by atoms with E-state index in [-0.39, 0.29) is 5.82 Å². The second-order valence-electron chi connectivity index (χ2n) is 7.62. The van der Waals surface area contributed by atoms with E-state index in [0.717, 1.165) is 10.9 Å². The number of rotatable bonds is 3. The molecule has 0 radical (unpaired) electrons. The van der Waals surface area contributed by atoms with Crippen LogP contribution in [0.4, 0.5) is 4.39 Å². The van der Waals surface area contributed by atoms with Gasteiger partial charge in [-0.15, -0.1) is 6.58 Å². The first-order chi connectivity index (χ1) is 12.7. The van der Waals surface area contributed by atoms with Crippen molar-refractivity contribution >= 4 is 10.8 Å². The van der Waals surface area contributed by atoms with Crippen molar-refractivity contribution < 1.29 is 4.39 Å². The maximum absolute atomic E-state index is 15.1. The number of hydrogen-bond donors (Lipinski definition) is 0. The van der Waals surface area contributed by atoms with E-state index in [1.54, 1.807) is 0 Å². The first-order valence-electron chi connectivity index (χ1n) is 9.57. The monoisotopic (exact) mass is 344 g/mol.